The number of methoxy groups -OCH3 is 1. The maximum absolute atomic E-state index is 13.8. The molecule has 2 aromatic carbocycles. The van der Waals surface area contributed by atoms with Gasteiger partial charge in [-0.05, 0) is 79.7 Å². The van der Waals surface area contributed by atoms with Crippen LogP contribution in [-0.2, 0) is 19.7 Å². The minimum absolute atomic E-state index is 0.000232. The van der Waals surface area contributed by atoms with Crippen molar-refractivity contribution in [1.29, 1.82) is 0 Å². The lowest BCUT2D eigenvalue weighted by atomic mass is 9.82. The molecule has 3 N–H and O–H groups in total. The molecule has 8 rings (SSSR count). The predicted molar refractivity (Wildman–Crippen MR) is 212 cm³/mol. The molecule has 6 aliphatic rings. The Morgan fingerprint density at radius 2 is 1.51 bits per heavy atom. The molecule has 294 valence electrons. The van der Waals surface area contributed by atoms with E-state index < -0.39 is 12.1 Å². The van der Waals surface area contributed by atoms with Crippen LogP contribution < -0.4 is 20.7 Å². The van der Waals surface area contributed by atoms with E-state index in [2.05, 4.69) is 66.2 Å². The van der Waals surface area contributed by atoms with Crippen LogP contribution in [0.5, 0.6) is 11.5 Å². The number of benzene rings is 2. The number of fused-ring (bicyclic) bond motifs is 4. The van der Waals surface area contributed by atoms with E-state index in [4.69, 9.17) is 19.5 Å². The van der Waals surface area contributed by atoms with E-state index in [1.54, 1.807) is 0 Å². The van der Waals surface area contributed by atoms with Gasteiger partial charge >= 0.3 is 6.09 Å². The van der Waals surface area contributed by atoms with Crippen LogP contribution in [-0.4, -0.2) is 90.8 Å². The van der Waals surface area contributed by atoms with Gasteiger partial charge < -0.3 is 35.2 Å². The van der Waals surface area contributed by atoms with E-state index >= 15 is 0 Å². The van der Waals surface area contributed by atoms with Crippen LogP contribution in [0.4, 0.5) is 4.79 Å². The SMILES string of the molecule is CC[C@H](C)CC(=O)N1CCC[C@H]1C1=NCC(c2ccc3c(c2)Oc2ccc(C4CN=C([C@@H]5CCCN5C(=O)[C@@H](NC(=O)OC)[C@@H](C)CC)N4)cc2C32CC2)N1. The number of carbonyl (C=O) groups is 3. The Morgan fingerprint density at radius 3 is 2.15 bits per heavy atom. The van der Waals surface area contributed by atoms with Gasteiger partial charge in [-0.2, -0.15) is 0 Å². The maximum Gasteiger partial charge on any atom is 0.407 e. The Kier molecular flexibility index (Phi) is 10.3. The molecular formula is C43H57N7O5. The van der Waals surface area contributed by atoms with E-state index in [1.165, 1.54) is 18.2 Å². The van der Waals surface area contributed by atoms with E-state index in [0.29, 0.717) is 32.0 Å². The Labute approximate surface area is 324 Å². The van der Waals surface area contributed by atoms with E-state index in [0.717, 1.165) is 92.2 Å². The highest BCUT2D eigenvalue weighted by molar-refractivity contribution is 5.96. The number of hydrogen-bond acceptors (Lipinski definition) is 9. The van der Waals surface area contributed by atoms with Crippen LogP contribution in [0.3, 0.4) is 0 Å². The normalized spacial score (nSPS) is 26.1. The first kappa shape index (κ1) is 37.3. The minimum Gasteiger partial charge on any atom is -0.457 e. The molecular weight excluding hydrogens is 695 g/mol. The van der Waals surface area contributed by atoms with E-state index in [-0.39, 0.29) is 47.3 Å². The molecule has 7 atom stereocenters. The van der Waals surface area contributed by atoms with Gasteiger partial charge in [0.2, 0.25) is 11.8 Å². The van der Waals surface area contributed by atoms with Crippen molar-refractivity contribution in [2.45, 2.75) is 121 Å². The molecule has 5 aliphatic heterocycles. The zero-order valence-electron chi connectivity index (χ0n) is 33.0. The molecule has 5 heterocycles. The summed E-state index contributed by atoms with van der Waals surface area (Å²) >= 11 is 0. The molecule has 0 aromatic heterocycles. The molecule has 3 fully saturated rings. The molecule has 12 nitrogen and oxygen atoms in total. The Hall–Kier alpha value is -4.61. The van der Waals surface area contributed by atoms with Crippen molar-refractivity contribution in [3.05, 3.63) is 58.7 Å². The van der Waals surface area contributed by atoms with Gasteiger partial charge in [0.25, 0.3) is 0 Å². The molecule has 2 unspecified atom stereocenters. The maximum atomic E-state index is 13.8. The lowest BCUT2D eigenvalue weighted by Gasteiger charge is -2.32. The van der Waals surface area contributed by atoms with Crippen molar-refractivity contribution in [1.82, 2.24) is 25.8 Å². The highest BCUT2D eigenvalue weighted by Gasteiger charge is 2.52. The lowest BCUT2D eigenvalue weighted by molar-refractivity contribution is -0.134. The zero-order valence-corrected chi connectivity index (χ0v) is 33.0. The quantitative estimate of drug-likeness (QED) is 0.251. The van der Waals surface area contributed by atoms with Crippen molar-refractivity contribution < 1.29 is 23.9 Å². The number of rotatable bonds is 11. The van der Waals surface area contributed by atoms with Crippen LogP contribution >= 0.6 is 0 Å². The summed E-state index contributed by atoms with van der Waals surface area (Å²) in [6.07, 6.45) is 7.61. The second-order valence-corrected chi connectivity index (χ2v) is 16.7. The highest BCUT2D eigenvalue weighted by atomic mass is 16.5. The number of amidine groups is 2. The van der Waals surface area contributed by atoms with Crippen LogP contribution in [0.15, 0.2) is 46.4 Å². The molecule has 1 saturated carbocycles. The number of nitrogens with zero attached hydrogens (tertiary/aromatic N) is 4. The van der Waals surface area contributed by atoms with Crippen molar-refractivity contribution >= 4 is 29.6 Å². The van der Waals surface area contributed by atoms with Gasteiger partial charge in [-0.15, -0.1) is 0 Å². The molecule has 12 heteroatoms. The van der Waals surface area contributed by atoms with Gasteiger partial charge in [-0.25, -0.2) is 4.79 Å². The number of nitrogens with one attached hydrogen (secondary N) is 3. The second kappa shape index (κ2) is 15.1. The predicted octanol–water partition coefficient (Wildman–Crippen LogP) is 6.15. The monoisotopic (exact) mass is 751 g/mol. The zero-order chi connectivity index (χ0) is 38.4. The average Bonchev–Trinajstić information content (AvgIpc) is 3.77. The molecule has 3 amide bonds. The smallest absolute Gasteiger partial charge is 0.407 e. The third-order valence-corrected chi connectivity index (χ3v) is 13.2. The lowest BCUT2D eigenvalue weighted by Crippen LogP contribution is -2.55. The van der Waals surface area contributed by atoms with Gasteiger partial charge in [0.05, 0.1) is 44.4 Å². The molecule has 2 saturated heterocycles. The fourth-order valence-corrected chi connectivity index (χ4v) is 9.36. The summed E-state index contributed by atoms with van der Waals surface area (Å²) in [5.41, 5.74) is 4.73. The summed E-state index contributed by atoms with van der Waals surface area (Å²) in [7, 11) is 1.32. The highest BCUT2D eigenvalue weighted by Crippen LogP contribution is 2.62. The standard InChI is InChI=1S/C43H57N7O5/c1-6-25(3)20-37(51)49-18-8-10-33(49)39-44-24-32(47-39)28-12-14-29-36(22-28)55-35-15-13-27(21-30(35)43(29)16-17-43)31-23-45-40(46-31)34-11-9-19-50(34)41(52)38(26(4)7-2)48-42(53)54-5/h12-15,21-22,25-26,31-34,38H,6-11,16-20,23-24H2,1-5H3,(H,44,47)(H,45,46)(H,48,53)/t25-,26-,31?,32?,33-,34-,38-/m0/s1. The summed E-state index contributed by atoms with van der Waals surface area (Å²) in [6, 6.07) is 12.5. The van der Waals surface area contributed by atoms with Gasteiger partial charge in [0.15, 0.2) is 0 Å². The summed E-state index contributed by atoms with van der Waals surface area (Å²) in [6.45, 7) is 11.0. The first-order valence-corrected chi connectivity index (χ1v) is 20.7. The van der Waals surface area contributed by atoms with Crippen LogP contribution in [0.1, 0.15) is 120 Å². The van der Waals surface area contributed by atoms with Gasteiger partial charge in [0.1, 0.15) is 29.2 Å². The van der Waals surface area contributed by atoms with Crippen molar-refractivity contribution in [3.63, 3.8) is 0 Å². The molecule has 0 radical (unpaired) electrons. The number of likely N-dealkylation sites (tertiary alicyclic amines) is 2. The third kappa shape index (κ3) is 6.94. The Balaban J connectivity index is 0.932. The van der Waals surface area contributed by atoms with Gasteiger partial charge in [0, 0.05) is 36.1 Å². The van der Waals surface area contributed by atoms with Crippen LogP contribution in [0, 0.1) is 11.8 Å². The summed E-state index contributed by atoms with van der Waals surface area (Å²) < 4.78 is 11.5. The average molecular weight is 752 g/mol. The molecule has 1 aliphatic carbocycles. The summed E-state index contributed by atoms with van der Waals surface area (Å²) in [5, 5.41) is 10.2. The third-order valence-electron chi connectivity index (χ3n) is 13.2. The molecule has 1 spiro atoms. The first-order valence-electron chi connectivity index (χ1n) is 20.7. The summed E-state index contributed by atoms with van der Waals surface area (Å²) in [5.74, 6) is 4.14. The topological polar surface area (TPSA) is 137 Å². The first-order chi connectivity index (χ1) is 26.6. The van der Waals surface area contributed by atoms with Gasteiger partial charge in [-0.3, -0.25) is 19.6 Å². The fourth-order valence-electron chi connectivity index (χ4n) is 9.36. The number of ether oxygens (including phenoxy) is 2. The molecule has 2 aromatic rings. The summed E-state index contributed by atoms with van der Waals surface area (Å²) in [4.78, 5) is 52.9. The van der Waals surface area contributed by atoms with E-state index in [9.17, 15) is 14.4 Å². The number of amides is 3. The number of aliphatic imine (C=N–C) groups is 2. The van der Waals surface area contributed by atoms with E-state index in [1.807, 2.05) is 23.6 Å². The fraction of sp³-hybridized carbons (Fsp3) is 0.605. The molecule has 0 bridgehead atoms. The Morgan fingerprint density at radius 1 is 0.873 bits per heavy atom. The largest absolute Gasteiger partial charge is 0.457 e. The Bertz CT molecular complexity index is 1890. The van der Waals surface area contributed by atoms with Crippen LogP contribution in [0.2, 0.25) is 0 Å². The number of carbonyl (C=O) groups excluding carboxylic acids is 3. The van der Waals surface area contributed by atoms with Crippen molar-refractivity contribution in [2.24, 2.45) is 21.8 Å². The minimum atomic E-state index is -0.649. The van der Waals surface area contributed by atoms with Crippen LogP contribution in [0.25, 0.3) is 0 Å². The second-order valence-electron chi connectivity index (χ2n) is 16.7. The molecule has 55 heavy (non-hydrogen) atoms. The number of hydrogen-bond donors (Lipinski definition) is 3. The van der Waals surface area contributed by atoms with Crippen molar-refractivity contribution in [2.75, 3.05) is 33.3 Å². The number of alkyl carbamates (subject to hydrolysis) is 1. The van der Waals surface area contributed by atoms with Gasteiger partial charge in [-0.1, -0.05) is 58.7 Å². The van der Waals surface area contributed by atoms with Crippen molar-refractivity contribution in [3.8, 4) is 11.5 Å².